The number of carbonyl (C=O) groups excluding carboxylic acids is 1. The van der Waals surface area contributed by atoms with Gasteiger partial charge < -0.3 is 14.6 Å². The van der Waals surface area contributed by atoms with Crippen molar-refractivity contribution in [3.8, 4) is 5.75 Å². The number of nitrogens with one attached hydrogen (secondary N) is 1. The van der Waals surface area contributed by atoms with E-state index >= 15 is 0 Å². The predicted octanol–water partition coefficient (Wildman–Crippen LogP) is 4.32. The molecule has 3 aromatic rings. The molecule has 28 heavy (non-hydrogen) atoms. The highest BCUT2D eigenvalue weighted by Gasteiger charge is 2.23. The van der Waals surface area contributed by atoms with Gasteiger partial charge in [0.05, 0.1) is 10.9 Å². The van der Waals surface area contributed by atoms with Crippen LogP contribution in [0.2, 0.25) is 0 Å². The first kappa shape index (κ1) is 20.3. The Hall–Kier alpha value is -2.39. The van der Waals surface area contributed by atoms with Crippen molar-refractivity contribution in [2.45, 2.75) is 50.8 Å². The van der Waals surface area contributed by atoms with E-state index in [1.165, 1.54) is 23.1 Å². The standard InChI is InChI=1S/C19H23N5O2S2/c1-5-24-16(13(3)26-15-9-7-6-8-10-15)22-23-19(24)28-14(4)17(25)21-18-20-12(2)11-27-18/h6-11,13-14H,5H2,1-4H3,(H,20,21,25)/t13-,14-/m1/s1. The molecule has 0 aliphatic rings. The van der Waals surface area contributed by atoms with E-state index < -0.39 is 0 Å². The van der Waals surface area contributed by atoms with Gasteiger partial charge in [-0.25, -0.2) is 4.98 Å². The molecular weight excluding hydrogens is 394 g/mol. The minimum Gasteiger partial charge on any atom is -0.483 e. The smallest absolute Gasteiger partial charge is 0.239 e. The fraction of sp³-hybridized carbons (Fsp3) is 0.368. The number of thiazole rings is 1. The fourth-order valence-corrected chi connectivity index (χ4v) is 4.18. The molecule has 0 spiro atoms. The molecule has 2 heterocycles. The number of aromatic nitrogens is 4. The first-order valence-electron chi connectivity index (χ1n) is 9.02. The summed E-state index contributed by atoms with van der Waals surface area (Å²) in [6, 6.07) is 9.62. The molecular formula is C19H23N5O2S2. The summed E-state index contributed by atoms with van der Waals surface area (Å²) in [6.45, 7) is 8.40. The van der Waals surface area contributed by atoms with Crippen LogP contribution in [0, 0.1) is 6.92 Å². The number of carbonyl (C=O) groups is 1. The Morgan fingerprint density at radius 2 is 2.04 bits per heavy atom. The van der Waals surface area contributed by atoms with E-state index in [2.05, 4.69) is 20.5 Å². The lowest BCUT2D eigenvalue weighted by atomic mass is 10.3. The molecule has 0 unspecified atom stereocenters. The van der Waals surface area contributed by atoms with Crippen molar-refractivity contribution in [3.05, 3.63) is 47.2 Å². The summed E-state index contributed by atoms with van der Waals surface area (Å²) in [4.78, 5) is 16.7. The molecule has 2 aromatic heterocycles. The van der Waals surface area contributed by atoms with Crippen LogP contribution >= 0.6 is 23.1 Å². The van der Waals surface area contributed by atoms with E-state index in [1.807, 2.05) is 68.0 Å². The highest BCUT2D eigenvalue weighted by molar-refractivity contribution is 8.00. The van der Waals surface area contributed by atoms with Crippen molar-refractivity contribution in [1.29, 1.82) is 0 Å². The van der Waals surface area contributed by atoms with E-state index in [9.17, 15) is 4.79 Å². The Labute approximate surface area is 172 Å². The first-order valence-corrected chi connectivity index (χ1v) is 10.8. The number of nitrogens with zero attached hydrogens (tertiary/aromatic N) is 4. The van der Waals surface area contributed by atoms with Gasteiger partial charge >= 0.3 is 0 Å². The van der Waals surface area contributed by atoms with Crippen LogP contribution in [0.15, 0.2) is 40.9 Å². The third-order valence-corrected chi connectivity index (χ3v) is 5.94. The van der Waals surface area contributed by atoms with Crippen LogP contribution in [0.4, 0.5) is 5.13 Å². The molecule has 0 fully saturated rings. The minimum absolute atomic E-state index is 0.111. The maximum absolute atomic E-state index is 12.5. The van der Waals surface area contributed by atoms with Gasteiger partial charge in [0.1, 0.15) is 5.75 Å². The maximum atomic E-state index is 12.5. The third-order valence-electron chi connectivity index (χ3n) is 3.98. The van der Waals surface area contributed by atoms with E-state index in [4.69, 9.17) is 4.74 Å². The molecule has 1 amide bonds. The number of amides is 1. The molecule has 0 saturated carbocycles. The lowest BCUT2D eigenvalue weighted by Gasteiger charge is -2.16. The highest BCUT2D eigenvalue weighted by Crippen LogP contribution is 2.27. The van der Waals surface area contributed by atoms with Crippen LogP contribution < -0.4 is 10.1 Å². The van der Waals surface area contributed by atoms with Crippen molar-refractivity contribution in [1.82, 2.24) is 19.7 Å². The van der Waals surface area contributed by atoms with Crippen LogP contribution in [0.3, 0.4) is 0 Å². The maximum Gasteiger partial charge on any atom is 0.239 e. The summed E-state index contributed by atoms with van der Waals surface area (Å²) < 4.78 is 7.95. The van der Waals surface area contributed by atoms with E-state index in [0.717, 1.165) is 17.3 Å². The SMILES string of the molecule is CCn1c(S[C@H](C)C(=O)Nc2nc(C)cs2)nnc1[C@@H](C)Oc1ccccc1. The summed E-state index contributed by atoms with van der Waals surface area (Å²) in [7, 11) is 0. The zero-order valence-electron chi connectivity index (χ0n) is 16.2. The van der Waals surface area contributed by atoms with Gasteiger partial charge in [0.25, 0.3) is 0 Å². The molecule has 0 saturated heterocycles. The molecule has 0 radical (unpaired) electrons. The molecule has 0 bridgehead atoms. The van der Waals surface area contributed by atoms with Crippen molar-refractivity contribution in [3.63, 3.8) is 0 Å². The van der Waals surface area contributed by atoms with Gasteiger partial charge in [-0.2, -0.15) is 0 Å². The quantitative estimate of drug-likeness (QED) is 0.550. The van der Waals surface area contributed by atoms with Gasteiger partial charge in [-0.1, -0.05) is 30.0 Å². The first-order chi connectivity index (χ1) is 13.5. The summed E-state index contributed by atoms with van der Waals surface area (Å²) >= 11 is 2.79. The molecule has 3 rings (SSSR count). The molecule has 2 atom stereocenters. The van der Waals surface area contributed by atoms with Crippen LogP contribution in [0.25, 0.3) is 0 Å². The zero-order chi connectivity index (χ0) is 20.1. The van der Waals surface area contributed by atoms with E-state index in [1.54, 1.807) is 0 Å². The molecule has 7 nitrogen and oxygen atoms in total. The highest BCUT2D eigenvalue weighted by atomic mass is 32.2. The lowest BCUT2D eigenvalue weighted by molar-refractivity contribution is -0.115. The van der Waals surface area contributed by atoms with Gasteiger partial charge in [-0.3, -0.25) is 4.79 Å². The molecule has 0 aliphatic heterocycles. The number of aryl methyl sites for hydroxylation is 1. The number of benzene rings is 1. The Morgan fingerprint density at radius 3 is 2.68 bits per heavy atom. The molecule has 9 heteroatoms. The van der Waals surface area contributed by atoms with Gasteiger partial charge in [-0.15, -0.1) is 21.5 Å². The van der Waals surface area contributed by atoms with E-state index in [-0.39, 0.29) is 17.3 Å². The van der Waals surface area contributed by atoms with Crippen LogP contribution in [0.1, 0.15) is 38.4 Å². The topological polar surface area (TPSA) is 81.9 Å². The van der Waals surface area contributed by atoms with E-state index in [0.29, 0.717) is 16.8 Å². The number of rotatable bonds is 8. The van der Waals surface area contributed by atoms with Gasteiger partial charge in [0, 0.05) is 11.9 Å². The summed E-state index contributed by atoms with van der Waals surface area (Å²) in [5.41, 5.74) is 0.892. The monoisotopic (exact) mass is 417 g/mol. The number of ether oxygens (including phenoxy) is 1. The number of anilines is 1. The van der Waals surface area contributed by atoms with Crippen LogP contribution in [0.5, 0.6) is 5.75 Å². The van der Waals surface area contributed by atoms with Crippen molar-refractivity contribution in [2.75, 3.05) is 5.32 Å². The van der Waals surface area contributed by atoms with Crippen LogP contribution in [-0.4, -0.2) is 30.9 Å². The Morgan fingerprint density at radius 1 is 1.29 bits per heavy atom. The molecule has 148 valence electrons. The predicted molar refractivity (Wildman–Crippen MR) is 112 cm³/mol. The van der Waals surface area contributed by atoms with Crippen LogP contribution in [-0.2, 0) is 11.3 Å². The molecule has 0 aliphatic carbocycles. The number of hydrogen-bond donors (Lipinski definition) is 1. The van der Waals surface area contributed by atoms with Gasteiger partial charge in [0.2, 0.25) is 5.91 Å². The second-order valence-corrected chi connectivity index (χ2v) is 8.37. The largest absolute Gasteiger partial charge is 0.483 e. The van der Waals surface area contributed by atoms with Gasteiger partial charge in [0.15, 0.2) is 22.2 Å². The number of para-hydroxylation sites is 1. The Bertz CT molecular complexity index is 926. The molecule has 1 N–H and O–H groups in total. The van der Waals surface area contributed by atoms with Gasteiger partial charge in [-0.05, 0) is 39.8 Å². The average molecular weight is 418 g/mol. The normalized spacial score (nSPS) is 13.1. The Balaban J connectivity index is 1.68. The second kappa shape index (κ2) is 9.20. The minimum atomic E-state index is -0.336. The van der Waals surface area contributed by atoms with Crippen molar-refractivity contribution in [2.24, 2.45) is 0 Å². The molecule has 1 aromatic carbocycles. The average Bonchev–Trinajstić information content (AvgIpc) is 3.28. The summed E-state index contributed by atoms with van der Waals surface area (Å²) in [6.07, 6.45) is -0.258. The zero-order valence-corrected chi connectivity index (χ0v) is 17.9. The van der Waals surface area contributed by atoms with Crippen molar-refractivity contribution < 1.29 is 9.53 Å². The lowest BCUT2D eigenvalue weighted by Crippen LogP contribution is -2.23. The Kier molecular flexibility index (Phi) is 6.69. The number of hydrogen-bond acceptors (Lipinski definition) is 7. The second-order valence-electron chi connectivity index (χ2n) is 6.20. The number of thioether (sulfide) groups is 1. The third kappa shape index (κ3) is 4.90. The fourth-order valence-electron chi connectivity index (χ4n) is 2.57. The summed E-state index contributed by atoms with van der Waals surface area (Å²) in [5, 5.41) is 14.3. The van der Waals surface area contributed by atoms with Crippen molar-refractivity contribution >= 4 is 34.1 Å². The summed E-state index contributed by atoms with van der Waals surface area (Å²) in [5.74, 6) is 1.40.